The number of benzene rings is 1. The smallest absolute Gasteiger partial charge is 0.244 e. The second kappa shape index (κ2) is 7.83. The molecule has 0 amide bonds. The lowest BCUT2D eigenvalue weighted by Crippen LogP contribution is -2.43. The number of aryl methyl sites for hydroxylation is 1. The average molecular weight is 424 g/mol. The number of nitrogens with zero attached hydrogens (tertiary/aromatic N) is 1. The summed E-state index contributed by atoms with van der Waals surface area (Å²) in [6.45, 7) is 4.33. The van der Waals surface area contributed by atoms with Crippen LogP contribution in [0.1, 0.15) is 31.2 Å². The zero-order valence-corrected chi connectivity index (χ0v) is 16.5. The van der Waals surface area contributed by atoms with E-state index in [2.05, 4.69) is 21.2 Å². The topological polar surface area (TPSA) is 49.4 Å². The van der Waals surface area contributed by atoms with Gasteiger partial charge in [0.05, 0.1) is 4.90 Å². The first-order valence-electron chi connectivity index (χ1n) is 7.98. The molecule has 2 aliphatic rings. The van der Waals surface area contributed by atoms with Gasteiger partial charge in [0.15, 0.2) is 0 Å². The van der Waals surface area contributed by atoms with Crippen LogP contribution < -0.4 is 5.32 Å². The van der Waals surface area contributed by atoms with Gasteiger partial charge in [-0.25, -0.2) is 8.42 Å². The van der Waals surface area contributed by atoms with E-state index in [0.717, 1.165) is 24.9 Å². The van der Waals surface area contributed by atoms with Crippen molar-refractivity contribution in [3.05, 3.63) is 28.2 Å². The first-order chi connectivity index (χ1) is 10.5. The molecule has 1 unspecified atom stereocenters. The Morgan fingerprint density at radius 3 is 2.48 bits per heavy atom. The molecule has 3 rings (SSSR count). The summed E-state index contributed by atoms with van der Waals surface area (Å²) in [5, 5.41) is 3.55. The highest BCUT2D eigenvalue weighted by molar-refractivity contribution is 9.10. The molecular formula is C16H24BrClN2O2S. The van der Waals surface area contributed by atoms with Crippen LogP contribution in [0.2, 0.25) is 0 Å². The van der Waals surface area contributed by atoms with E-state index in [1.807, 2.05) is 19.1 Å². The number of piperidine rings is 1. The molecule has 1 N–H and O–H groups in total. The van der Waals surface area contributed by atoms with Gasteiger partial charge in [-0.05, 0) is 78.7 Å². The van der Waals surface area contributed by atoms with Crippen molar-refractivity contribution in [3.8, 4) is 0 Å². The van der Waals surface area contributed by atoms with Gasteiger partial charge in [-0.2, -0.15) is 4.31 Å². The normalized spacial score (nSPS) is 23.7. The summed E-state index contributed by atoms with van der Waals surface area (Å²) in [7, 11) is -3.39. The maximum Gasteiger partial charge on any atom is 0.244 e. The molecule has 2 aliphatic heterocycles. The van der Waals surface area contributed by atoms with Crippen LogP contribution in [0.3, 0.4) is 0 Å². The predicted octanol–water partition coefficient (Wildman–Crippen LogP) is 3.33. The molecule has 7 heteroatoms. The van der Waals surface area contributed by atoms with Crippen molar-refractivity contribution in [3.63, 3.8) is 0 Å². The van der Waals surface area contributed by atoms with Crippen LogP contribution in [-0.4, -0.2) is 38.4 Å². The summed E-state index contributed by atoms with van der Waals surface area (Å²) < 4.78 is 28.0. The zero-order valence-electron chi connectivity index (χ0n) is 13.3. The Hall–Kier alpha value is -0.140. The van der Waals surface area contributed by atoms with Gasteiger partial charge in [-0.1, -0.05) is 6.07 Å². The van der Waals surface area contributed by atoms with Gasteiger partial charge in [0, 0.05) is 23.6 Å². The molecule has 0 spiro atoms. The molecule has 0 aliphatic carbocycles. The Balaban J connectivity index is 0.00000192. The second-order valence-electron chi connectivity index (χ2n) is 6.38. The molecule has 1 aromatic rings. The summed E-state index contributed by atoms with van der Waals surface area (Å²) in [4.78, 5) is 0.385. The fraction of sp³-hybridized carbons (Fsp3) is 0.625. The van der Waals surface area contributed by atoms with Gasteiger partial charge in [0.25, 0.3) is 0 Å². The van der Waals surface area contributed by atoms with E-state index in [-0.39, 0.29) is 12.4 Å². The lowest BCUT2D eigenvalue weighted by Gasteiger charge is -2.34. The van der Waals surface area contributed by atoms with Crippen molar-refractivity contribution >= 4 is 38.4 Å². The lowest BCUT2D eigenvalue weighted by atomic mass is 9.89. The Bertz CT molecular complexity index is 639. The van der Waals surface area contributed by atoms with Crippen molar-refractivity contribution in [2.45, 2.75) is 43.5 Å². The lowest BCUT2D eigenvalue weighted by molar-refractivity contribution is 0.234. The number of sulfonamides is 1. The number of rotatable bonds is 3. The molecule has 130 valence electrons. The van der Waals surface area contributed by atoms with E-state index >= 15 is 0 Å². The molecular weight excluding hydrogens is 400 g/mol. The van der Waals surface area contributed by atoms with Crippen LogP contribution in [0, 0.1) is 12.8 Å². The molecule has 4 nitrogen and oxygen atoms in total. The van der Waals surface area contributed by atoms with E-state index in [1.54, 1.807) is 10.4 Å². The largest absolute Gasteiger partial charge is 0.314 e. The SMILES string of the molecule is Cc1ccc(S(=O)(=O)N2CCC(C3CCCN3)CC2)c(Br)c1.Cl. The summed E-state index contributed by atoms with van der Waals surface area (Å²) in [5.41, 5.74) is 1.05. The minimum Gasteiger partial charge on any atom is -0.314 e. The van der Waals surface area contributed by atoms with Crippen molar-refractivity contribution in [1.29, 1.82) is 0 Å². The zero-order chi connectivity index (χ0) is 15.7. The van der Waals surface area contributed by atoms with Gasteiger partial charge in [-0.3, -0.25) is 0 Å². The standard InChI is InChI=1S/C16H23BrN2O2S.ClH/c1-12-4-5-16(14(17)11-12)22(20,21)19-9-6-13(7-10-19)15-3-2-8-18-15;/h4-5,11,13,15,18H,2-3,6-10H2,1H3;1H. The highest BCUT2D eigenvalue weighted by Gasteiger charge is 2.34. The quantitative estimate of drug-likeness (QED) is 0.811. The Kier molecular flexibility index (Phi) is 6.53. The van der Waals surface area contributed by atoms with Gasteiger partial charge in [-0.15, -0.1) is 12.4 Å². The predicted molar refractivity (Wildman–Crippen MR) is 98.6 cm³/mol. The van der Waals surface area contributed by atoms with Gasteiger partial charge >= 0.3 is 0 Å². The van der Waals surface area contributed by atoms with E-state index in [9.17, 15) is 8.42 Å². The summed E-state index contributed by atoms with van der Waals surface area (Å²) in [6, 6.07) is 6.02. The fourth-order valence-electron chi connectivity index (χ4n) is 3.59. The molecule has 2 saturated heterocycles. The van der Waals surface area contributed by atoms with Crippen molar-refractivity contribution in [2.75, 3.05) is 19.6 Å². The first-order valence-corrected chi connectivity index (χ1v) is 10.2. The van der Waals surface area contributed by atoms with E-state index in [1.165, 1.54) is 12.8 Å². The average Bonchev–Trinajstić information content (AvgIpc) is 3.01. The van der Waals surface area contributed by atoms with Crippen LogP contribution in [0.15, 0.2) is 27.6 Å². The van der Waals surface area contributed by atoms with Crippen molar-refractivity contribution in [2.24, 2.45) is 5.92 Å². The molecule has 0 radical (unpaired) electrons. The maximum absolute atomic E-state index is 12.8. The third-order valence-electron chi connectivity index (χ3n) is 4.87. The summed E-state index contributed by atoms with van der Waals surface area (Å²) >= 11 is 3.40. The molecule has 0 bridgehead atoms. The molecule has 23 heavy (non-hydrogen) atoms. The maximum atomic E-state index is 12.8. The second-order valence-corrected chi connectivity index (χ2v) is 9.14. The number of halogens is 2. The fourth-order valence-corrected chi connectivity index (χ4v) is 6.21. The highest BCUT2D eigenvalue weighted by atomic mass is 79.9. The van der Waals surface area contributed by atoms with Gasteiger partial charge < -0.3 is 5.32 Å². The van der Waals surface area contributed by atoms with Crippen molar-refractivity contribution in [1.82, 2.24) is 9.62 Å². The third-order valence-corrected chi connectivity index (χ3v) is 7.75. The minimum atomic E-state index is -3.39. The number of hydrogen-bond donors (Lipinski definition) is 1. The number of hydrogen-bond acceptors (Lipinski definition) is 3. The van der Waals surface area contributed by atoms with E-state index in [0.29, 0.717) is 34.4 Å². The monoisotopic (exact) mass is 422 g/mol. The van der Waals surface area contributed by atoms with Crippen LogP contribution in [0.25, 0.3) is 0 Å². The van der Waals surface area contributed by atoms with Crippen LogP contribution in [0.5, 0.6) is 0 Å². The highest BCUT2D eigenvalue weighted by Crippen LogP contribution is 2.31. The molecule has 2 fully saturated rings. The molecule has 0 aromatic heterocycles. The Morgan fingerprint density at radius 1 is 1.22 bits per heavy atom. The Labute approximate surface area is 153 Å². The van der Waals surface area contributed by atoms with E-state index < -0.39 is 10.0 Å². The van der Waals surface area contributed by atoms with Gasteiger partial charge in [0.2, 0.25) is 10.0 Å². The number of nitrogens with one attached hydrogen (secondary N) is 1. The summed E-state index contributed by atoms with van der Waals surface area (Å²) in [5.74, 6) is 0.621. The minimum absolute atomic E-state index is 0. The van der Waals surface area contributed by atoms with Crippen molar-refractivity contribution < 1.29 is 8.42 Å². The van der Waals surface area contributed by atoms with Crippen LogP contribution in [-0.2, 0) is 10.0 Å². The van der Waals surface area contributed by atoms with Crippen LogP contribution >= 0.6 is 28.3 Å². The summed E-state index contributed by atoms with van der Waals surface area (Å²) in [6.07, 6.45) is 4.40. The first kappa shape index (κ1) is 19.2. The third kappa shape index (κ3) is 4.10. The van der Waals surface area contributed by atoms with Crippen LogP contribution in [0.4, 0.5) is 0 Å². The molecule has 0 saturated carbocycles. The Morgan fingerprint density at radius 2 is 1.91 bits per heavy atom. The van der Waals surface area contributed by atoms with Gasteiger partial charge in [0.1, 0.15) is 0 Å². The molecule has 1 aromatic carbocycles. The van der Waals surface area contributed by atoms with E-state index in [4.69, 9.17) is 0 Å². The molecule has 1 atom stereocenters. The molecule has 2 heterocycles.